The maximum atomic E-state index is 10.9. The molecule has 14 heavy (non-hydrogen) atoms. The van der Waals surface area contributed by atoms with E-state index in [9.17, 15) is 4.79 Å². The van der Waals surface area contributed by atoms with Crippen LogP contribution in [0.4, 0.5) is 0 Å². The van der Waals surface area contributed by atoms with Crippen molar-refractivity contribution in [3.8, 4) is 0 Å². The molecule has 0 spiro atoms. The van der Waals surface area contributed by atoms with E-state index in [1.807, 2.05) is 6.92 Å². The Kier molecular flexibility index (Phi) is 1.69. The van der Waals surface area contributed by atoms with Gasteiger partial charge in [-0.25, -0.2) is 0 Å². The first kappa shape index (κ1) is 8.72. The molecule has 5 unspecified atom stereocenters. The van der Waals surface area contributed by atoms with Crippen molar-refractivity contribution in [2.45, 2.75) is 38.3 Å². The van der Waals surface area contributed by atoms with Crippen LogP contribution in [0.3, 0.4) is 0 Å². The van der Waals surface area contributed by atoms with Gasteiger partial charge in [0.05, 0.1) is 6.04 Å². The summed E-state index contributed by atoms with van der Waals surface area (Å²) in [5.74, 6) is 3.47. The molecule has 1 amide bonds. The molecule has 3 saturated carbocycles. The highest BCUT2D eigenvalue weighted by Crippen LogP contribution is 2.65. The number of carbonyl (C=O) groups excluding carboxylic acids is 1. The molecule has 0 saturated heterocycles. The highest BCUT2D eigenvalue weighted by molar-refractivity contribution is 5.79. The molecule has 3 nitrogen and oxygen atoms in total. The normalized spacial score (nSPS) is 50.2. The number of hydrogen-bond donors (Lipinski definition) is 2. The van der Waals surface area contributed by atoms with Crippen molar-refractivity contribution in [1.82, 2.24) is 5.32 Å². The number of rotatable bonds is 3. The minimum Gasteiger partial charge on any atom is -0.368 e. The Bertz CT molecular complexity index is 262. The molecule has 3 fully saturated rings. The minimum atomic E-state index is -0.220. The number of hydrogen-bond acceptors (Lipinski definition) is 2. The second-order valence-electron chi connectivity index (χ2n) is 5.30. The van der Waals surface area contributed by atoms with Crippen LogP contribution in [-0.4, -0.2) is 18.0 Å². The van der Waals surface area contributed by atoms with Gasteiger partial charge in [-0.2, -0.15) is 0 Å². The predicted molar refractivity (Wildman–Crippen MR) is 53.4 cm³/mol. The van der Waals surface area contributed by atoms with E-state index < -0.39 is 0 Å². The van der Waals surface area contributed by atoms with Gasteiger partial charge in [0.15, 0.2) is 0 Å². The van der Waals surface area contributed by atoms with Gasteiger partial charge >= 0.3 is 0 Å². The second kappa shape index (κ2) is 2.72. The third-order valence-electron chi connectivity index (χ3n) is 4.60. The first-order valence-corrected chi connectivity index (χ1v) is 5.74. The quantitative estimate of drug-likeness (QED) is 0.687. The first-order chi connectivity index (χ1) is 6.68. The van der Waals surface area contributed by atoms with Crippen LogP contribution >= 0.6 is 0 Å². The zero-order valence-electron chi connectivity index (χ0n) is 8.57. The summed E-state index contributed by atoms with van der Waals surface area (Å²) in [6.07, 6.45) is 4.31. The zero-order chi connectivity index (χ0) is 9.87. The van der Waals surface area contributed by atoms with Crippen LogP contribution in [0.5, 0.6) is 0 Å². The van der Waals surface area contributed by atoms with Gasteiger partial charge in [-0.1, -0.05) is 0 Å². The fourth-order valence-electron chi connectivity index (χ4n) is 3.92. The Balaban J connectivity index is 1.61. The largest absolute Gasteiger partial charge is 0.368 e. The Labute approximate surface area is 84.4 Å². The van der Waals surface area contributed by atoms with Crippen molar-refractivity contribution in [1.29, 1.82) is 0 Å². The first-order valence-electron chi connectivity index (χ1n) is 5.74. The van der Waals surface area contributed by atoms with E-state index >= 15 is 0 Å². The SMILES string of the molecule is CC(NC1C2C3CCC(C3)C12)C(N)=O. The summed E-state index contributed by atoms with van der Waals surface area (Å²) in [5.41, 5.74) is 5.25. The molecular weight excluding hydrogens is 176 g/mol. The van der Waals surface area contributed by atoms with Gasteiger partial charge in [0.25, 0.3) is 0 Å². The molecule has 3 heteroatoms. The van der Waals surface area contributed by atoms with Crippen LogP contribution in [0.15, 0.2) is 0 Å². The Morgan fingerprint density at radius 2 is 1.93 bits per heavy atom. The molecule has 0 heterocycles. The van der Waals surface area contributed by atoms with E-state index in [0.717, 1.165) is 23.7 Å². The van der Waals surface area contributed by atoms with Crippen molar-refractivity contribution in [3.63, 3.8) is 0 Å². The van der Waals surface area contributed by atoms with Crippen molar-refractivity contribution >= 4 is 5.91 Å². The highest BCUT2D eigenvalue weighted by Gasteiger charge is 2.64. The maximum absolute atomic E-state index is 10.9. The van der Waals surface area contributed by atoms with E-state index in [-0.39, 0.29) is 11.9 Å². The number of primary amides is 1. The lowest BCUT2D eigenvalue weighted by Gasteiger charge is -2.13. The van der Waals surface area contributed by atoms with Crippen LogP contribution in [-0.2, 0) is 4.79 Å². The Morgan fingerprint density at radius 1 is 1.36 bits per heavy atom. The van der Waals surface area contributed by atoms with Gasteiger partial charge < -0.3 is 11.1 Å². The van der Waals surface area contributed by atoms with Gasteiger partial charge in [0, 0.05) is 6.04 Å². The van der Waals surface area contributed by atoms with E-state index in [0.29, 0.717) is 6.04 Å². The molecular formula is C11H18N2O. The van der Waals surface area contributed by atoms with Crippen molar-refractivity contribution < 1.29 is 4.79 Å². The topological polar surface area (TPSA) is 55.1 Å². The fraction of sp³-hybridized carbons (Fsp3) is 0.909. The third-order valence-corrected chi connectivity index (χ3v) is 4.60. The van der Waals surface area contributed by atoms with Crippen molar-refractivity contribution in [3.05, 3.63) is 0 Å². The van der Waals surface area contributed by atoms with Gasteiger partial charge in [-0.15, -0.1) is 0 Å². The van der Waals surface area contributed by atoms with Gasteiger partial charge in [-0.3, -0.25) is 4.79 Å². The Morgan fingerprint density at radius 3 is 2.43 bits per heavy atom. The molecule has 3 aliphatic rings. The summed E-state index contributed by atoms with van der Waals surface area (Å²) in [6.45, 7) is 1.87. The average molecular weight is 194 g/mol. The monoisotopic (exact) mass is 194 g/mol. The van der Waals surface area contributed by atoms with Crippen molar-refractivity contribution in [2.75, 3.05) is 0 Å². The smallest absolute Gasteiger partial charge is 0.234 e. The summed E-state index contributed by atoms with van der Waals surface area (Å²) >= 11 is 0. The molecule has 5 atom stereocenters. The molecule has 0 aromatic rings. The standard InChI is InChI=1S/C11H18N2O/c1-5(11(12)14)13-10-8-6-2-3-7(4-6)9(8)10/h5-10,13H,2-4H2,1H3,(H2,12,14). The molecule has 2 bridgehead atoms. The summed E-state index contributed by atoms with van der Waals surface area (Å²) < 4.78 is 0. The molecule has 78 valence electrons. The molecule has 3 aliphatic carbocycles. The fourth-order valence-corrected chi connectivity index (χ4v) is 3.92. The van der Waals surface area contributed by atoms with Gasteiger partial charge in [0.1, 0.15) is 0 Å². The molecule has 3 N–H and O–H groups in total. The van der Waals surface area contributed by atoms with Gasteiger partial charge in [0.2, 0.25) is 5.91 Å². The number of carbonyl (C=O) groups is 1. The lowest BCUT2D eigenvalue weighted by atomic mass is 10.0. The second-order valence-corrected chi connectivity index (χ2v) is 5.30. The van der Waals surface area contributed by atoms with Crippen LogP contribution in [0.25, 0.3) is 0 Å². The minimum absolute atomic E-state index is 0.148. The predicted octanol–water partition coefficient (Wildman–Crippen LogP) is 0.494. The highest BCUT2D eigenvalue weighted by atomic mass is 16.1. The van der Waals surface area contributed by atoms with E-state index in [1.165, 1.54) is 19.3 Å². The summed E-state index contributed by atoms with van der Waals surface area (Å²) in [4.78, 5) is 10.9. The van der Waals surface area contributed by atoms with Crippen LogP contribution in [0, 0.1) is 23.7 Å². The molecule has 0 aromatic carbocycles. The van der Waals surface area contributed by atoms with E-state index in [4.69, 9.17) is 5.73 Å². The zero-order valence-corrected chi connectivity index (χ0v) is 8.57. The van der Waals surface area contributed by atoms with Crippen LogP contribution < -0.4 is 11.1 Å². The van der Waals surface area contributed by atoms with Crippen molar-refractivity contribution in [2.24, 2.45) is 29.4 Å². The van der Waals surface area contributed by atoms with Gasteiger partial charge in [-0.05, 0) is 49.9 Å². The number of nitrogens with two attached hydrogens (primary N) is 1. The average Bonchev–Trinajstić information content (AvgIpc) is 2.59. The van der Waals surface area contributed by atoms with Crippen LogP contribution in [0.1, 0.15) is 26.2 Å². The molecule has 0 aliphatic heterocycles. The maximum Gasteiger partial charge on any atom is 0.234 e. The summed E-state index contributed by atoms with van der Waals surface area (Å²) in [7, 11) is 0. The lowest BCUT2D eigenvalue weighted by molar-refractivity contribution is -0.119. The Hall–Kier alpha value is -0.570. The van der Waals surface area contributed by atoms with E-state index in [1.54, 1.807) is 0 Å². The molecule has 3 rings (SSSR count). The lowest BCUT2D eigenvalue weighted by Crippen LogP contribution is -2.41. The number of nitrogens with one attached hydrogen (secondary N) is 1. The summed E-state index contributed by atoms with van der Waals surface area (Å²) in [6, 6.07) is 0.466. The summed E-state index contributed by atoms with van der Waals surface area (Å²) in [5, 5.41) is 3.38. The molecule has 0 radical (unpaired) electrons. The molecule has 0 aromatic heterocycles. The third kappa shape index (κ3) is 1.05. The van der Waals surface area contributed by atoms with Crippen LogP contribution in [0.2, 0.25) is 0 Å². The number of amides is 1. The number of fused-ring (bicyclic) bond motifs is 5. The van der Waals surface area contributed by atoms with E-state index in [2.05, 4.69) is 5.32 Å².